The summed E-state index contributed by atoms with van der Waals surface area (Å²) in [6, 6.07) is 7.52. The van der Waals surface area contributed by atoms with Gasteiger partial charge in [-0.05, 0) is 42.4 Å². The van der Waals surface area contributed by atoms with Gasteiger partial charge in [-0.3, -0.25) is 4.90 Å². The van der Waals surface area contributed by atoms with Crippen LogP contribution in [0, 0.1) is 22.7 Å². The molecule has 0 aromatic carbocycles. The van der Waals surface area contributed by atoms with Crippen molar-refractivity contribution in [2.75, 3.05) is 39.4 Å². The molecule has 0 bridgehead atoms. The lowest BCUT2D eigenvalue weighted by molar-refractivity contribution is 0.158. The number of aliphatic hydroxyl groups excluding tert-OH is 2. The zero-order chi connectivity index (χ0) is 20.2. The van der Waals surface area contributed by atoms with Crippen molar-refractivity contribution in [1.29, 1.82) is 10.5 Å². The molecule has 7 heteroatoms. The Bertz CT molecular complexity index is 893. The molecule has 0 aliphatic carbocycles. The van der Waals surface area contributed by atoms with E-state index in [2.05, 4.69) is 9.80 Å². The molecule has 0 fully saturated rings. The third kappa shape index (κ3) is 6.80. The average molecular weight is 397 g/mol. The Morgan fingerprint density at radius 2 is 1.71 bits per heavy atom. The highest BCUT2D eigenvalue weighted by Crippen LogP contribution is 2.10. The Morgan fingerprint density at radius 1 is 1.04 bits per heavy atom. The molecule has 1 aromatic heterocycles. The van der Waals surface area contributed by atoms with Crippen molar-refractivity contribution in [1.82, 2.24) is 9.80 Å². The first-order valence-corrected chi connectivity index (χ1v) is 9.90. The summed E-state index contributed by atoms with van der Waals surface area (Å²) in [6.45, 7) is 3.08. The molecule has 0 amide bonds. The molecule has 0 saturated carbocycles. The average Bonchev–Trinajstić information content (AvgIpc) is 3.17. The van der Waals surface area contributed by atoms with Gasteiger partial charge in [-0.2, -0.15) is 10.5 Å². The Labute approximate surface area is 169 Å². The minimum Gasteiger partial charge on any atom is -0.395 e. The lowest BCUT2D eigenvalue weighted by Gasteiger charge is -2.23. The van der Waals surface area contributed by atoms with E-state index < -0.39 is 0 Å². The Morgan fingerprint density at radius 3 is 2.32 bits per heavy atom. The van der Waals surface area contributed by atoms with Crippen molar-refractivity contribution >= 4 is 23.0 Å². The van der Waals surface area contributed by atoms with E-state index in [4.69, 9.17) is 20.7 Å². The molecule has 1 aliphatic rings. The molecule has 0 spiro atoms. The highest BCUT2D eigenvalue weighted by molar-refractivity contribution is 7.07. The Balaban J connectivity index is 1.90. The maximum Gasteiger partial charge on any atom is 0.146 e. The van der Waals surface area contributed by atoms with Gasteiger partial charge in [0.05, 0.1) is 17.7 Å². The highest BCUT2D eigenvalue weighted by Gasteiger charge is 2.05. The molecule has 0 unspecified atom stereocenters. The van der Waals surface area contributed by atoms with Crippen LogP contribution in [0.4, 0.5) is 0 Å². The third-order valence-corrected chi connectivity index (χ3v) is 5.24. The first-order valence-electron chi connectivity index (χ1n) is 9.08. The summed E-state index contributed by atoms with van der Waals surface area (Å²) < 4.78 is 1.68. The fraction of sp³-hybridized carbons (Fsp3) is 0.333. The van der Waals surface area contributed by atoms with Gasteiger partial charge in [-0.25, -0.2) is 0 Å². The van der Waals surface area contributed by atoms with Crippen LogP contribution in [-0.4, -0.2) is 59.4 Å². The lowest BCUT2D eigenvalue weighted by atomic mass is 10.2. The quantitative estimate of drug-likeness (QED) is 0.637. The smallest absolute Gasteiger partial charge is 0.146 e. The Kier molecular flexibility index (Phi) is 9.20. The molecule has 0 atom stereocenters. The van der Waals surface area contributed by atoms with E-state index in [-0.39, 0.29) is 18.8 Å². The molecule has 6 nitrogen and oxygen atoms in total. The van der Waals surface area contributed by atoms with Crippen LogP contribution in [0.25, 0.3) is 11.6 Å². The van der Waals surface area contributed by atoms with Gasteiger partial charge >= 0.3 is 0 Å². The van der Waals surface area contributed by atoms with E-state index in [1.54, 1.807) is 6.07 Å². The number of hydrogen-bond acceptors (Lipinski definition) is 7. The maximum absolute atomic E-state index is 9.03. The molecule has 146 valence electrons. The van der Waals surface area contributed by atoms with E-state index in [1.807, 2.05) is 54.9 Å². The van der Waals surface area contributed by atoms with Gasteiger partial charge in [0, 0.05) is 43.1 Å². The number of nitrogens with zero attached hydrogens (tertiary/aromatic N) is 4. The van der Waals surface area contributed by atoms with Crippen LogP contribution in [0.2, 0.25) is 0 Å². The fourth-order valence-corrected chi connectivity index (χ4v) is 3.57. The Hall–Kier alpha value is -2.68. The van der Waals surface area contributed by atoms with Gasteiger partial charge < -0.3 is 15.1 Å². The van der Waals surface area contributed by atoms with Crippen LogP contribution in [0.15, 0.2) is 48.3 Å². The summed E-state index contributed by atoms with van der Waals surface area (Å²) in [6.07, 6.45) is 13.0. The second-order valence-electron chi connectivity index (χ2n) is 6.15. The van der Waals surface area contributed by atoms with Crippen molar-refractivity contribution in [3.8, 4) is 12.1 Å². The van der Waals surface area contributed by atoms with Gasteiger partial charge in [0.25, 0.3) is 0 Å². The van der Waals surface area contributed by atoms with Crippen molar-refractivity contribution in [2.24, 2.45) is 0 Å². The second-order valence-corrected chi connectivity index (χ2v) is 7.26. The normalized spacial score (nSPS) is 13.7. The van der Waals surface area contributed by atoms with Gasteiger partial charge in [0.15, 0.2) is 0 Å². The van der Waals surface area contributed by atoms with Crippen molar-refractivity contribution in [2.45, 2.75) is 6.42 Å². The standard InChI is InChI=1S/C21H24N4O2S/c22-16-19(17-23)21-5-4-20(28-21)3-2-18-6-10-24(11-7-18)8-1-9-25(12-14-26)13-15-27/h2-7,10-11,26-27H,1,8-9,12-15H2/b20-3+. The second kappa shape index (κ2) is 11.9. The third-order valence-electron chi connectivity index (χ3n) is 4.18. The van der Waals surface area contributed by atoms with Crippen LogP contribution < -0.4 is 9.06 Å². The van der Waals surface area contributed by atoms with Gasteiger partial charge in [0.2, 0.25) is 0 Å². The SMILES string of the molecule is N#CC(C#N)=c1cc/c(=C\C=C2C=CN(CCCN(CCO)CCO)C=C2)s1. The van der Waals surface area contributed by atoms with Crippen LogP contribution in [0.5, 0.6) is 0 Å². The minimum absolute atomic E-state index is 0.103. The molecule has 0 radical (unpaired) electrons. The summed E-state index contributed by atoms with van der Waals surface area (Å²) in [4.78, 5) is 4.16. The van der Waals surface area contributed by atoms with Crippen LogP contribution >= 0.6 is 11.3 Å². The number of aliphatic hydroxyl groups is 2. The molecular weight excluding hydrogens is 372 g/mol. The summed E-state index contributed by atoms with van der Waals surface area (Å²) in [5.74, 6) is 0. The molecule has 1 aliphatic heterocycles. The van der Waals surface area contributed by atoms with Gasteiger partial charge in [-0.1, -0.05) is 6.08 Å². The molecule has 2 rings (SSSR count). The monoisotopic (exact) mass is 396 g/mol. The van der Waals surface area contributed by atoms with E-state index >= 15 is 0 Å². The van der Waals surface area contributed by atoms with Crippen LogP contribution in [-0.2, 0) is 0 Å². The number of rotatable bonds is 9. The predicted octanol–water partition coefficient (Wildman–Crippen LogP) is 0.673. The predicted molar refractivity (Wildman–Crippen MR) is 111 cm³/mol. The fourth-order valence-electron chi connectivity index (χ4n) is 2.71. The highest BCUT2D eigenvalue weighted by atomic mass is 32.1. The summed E-state index contributed by atoms with van der Waals surface area (Å²) in [5.41, 5.74) is 1.21. The summed E-state index contributed by atoms with van der Waals surface area (Å²) in [5, 5.41) is 35.9. The van der Waals surface area contributed by atoms with E-state index in [1.165, 1.54) is 11.3 Å². The number of hydrogen-bond donors (Lipinski definition) is 2. The zero-order valence-corrected chi connectivity index (χ0v) is 16.5. The number of nitriles is 2. The maximum atomic E-state index is 9.03. The van der Waals surface area contributed by atoms with Crippen molar-refractivity contribution < 1.29 is 10.2 Å². The summed E-state index contributed by atoms with van der Waals surface area (Å²) >= 11 is 1.42. The molecule has 28 heavy (non-hydrogen) atoms. The first-order chi connectivity index (χ1) is 13.7. The molecule has 1 aromatic rings. The van der Waals surface area contributed by atoms with Gasteiger partial charge in [0.1, 0.15) is 17.7 Å². The van der Waals surface area contributed by atoms with Crippen molar-refractivity contribution in [3.63, 3.8) is 0 Å². The first kappa shape index (κ1) is 21.6. The number of allylic oxidation sites excluding steroid dienone is 4. The lowest BCUT2D eigenvalue weighted by Crippen LogP contribution is -2.32. The minimum atomic E-state index is 0.103. The molecule has 2 heterocycles. The van der Waals surface area contributed by atoms with Crippen molar-refractivity contribution in [3.05, 3.63) is 57.4 Å². The van der Waals surface area contributed by atoms with Gasteiger partial charge in [-0.15, -0.1) is 11.3 Å². The molecule has 2 N–H and O–H groups in total. The van der Waals surface area contributed by atoms with E-state index in [0.717, 1.165) is 29.6 Å². The largest absolute Gasteiger partial charge is 0.395 e. The van der Waals surface area contributed by atoms with Crippen LogP contribution in [0.1, 0.15) is 6.42 Å². The number of thiophene rings is 1. The topological polar surface area (TPSA) is 94.5 Å². The van der Waals surface area contributed by atoms with Crippen LogP contribution in [0.3, 0.4) is 0 Å². The van der Waals surface area contributed by atoms with E-state index in [0.29, 0.717) is 17.6 Å². The summed E-state index contributed by atoms with van der Waals surface area (Å²) in [7, 11) is 0. The molecular formula is C21H24N4O2S. The molecule has 0 saturated heterocycles. The zero-order valence-electron chi connectivity index (χ0n) is 15.7. The van der Waals surface area contributed by atoms with E-state index in [9.17, 15) is 0 Å².